The SMILES string of the molecule is CCCNC(Cc1cccnc1)C1CCC(C(C)C)CC1. The maximum Gasteiger partial charge on any atom is 0.0300 e. The van der Waals surface area contributed by atoms with Gasteiger partial charge in [0.1, 0.15) is 0 Å². The second-order valence-electron chi connectivity index (χ2n) is 7.04. The van der Waals surface area contributed by atoms with Gasteiger partial charge in [-0.3, -0.25) is 4.98 Å². The Morgan fingerprint density at radius 1 is 1.19 bits per heavy atom. The minimum absolute atomic E-state index is 0.627. The Kier molecular flexibility index (Phi) is 6.69. The summed E-state index contributed by atoms with van der Waals surface area (Å²) in [5.74, 6) is 2.64. The summed E-state index contributed by atoms with van der Waals surface area (Å²) < 4.78 is 0. The Labute approximate surface area is 130 Å². The molecular weight excluding hydrogens is 256 g/mol. The maximum absolute atomic E-state index is 4.27. The number of rotatable bonds is 7. The molecule has 1 aliphatic rings. The number of nitrogens with one attached hydrogen (secondary N) is 1. The van der Waals surface area contributed by atoms with Crippen LogP contribution in [0.1, 0.15) is 58.4 Å². The van der Waals surface area contributed by atoms with Gasteiger partial charge in [0.25, 0.3) is 0 Å². The molecule has 0 spiro atoms. The molecule has 0 radical (unpaired) electrons. The predicted octanol–water partition coefficient (Wildman–Crippen LogP) is 4.45. The van der Waals surface area contributed by atoms with Crippen molar-refractivity contribution in [2.75, 3.05) is 6.54 Å². The summed E-state index contributed by atoms with van der Waals surface area (Å²) in [6.45, 7) is 8.15. The maximum atomic E-state index is 4.27. The van der Waals surface area contributed by atoms with Gasteiger partial charge in [-0.05, 0) is 74.5 Å². The fourth-order valence-electron chi connectivity index (χ4n) is 3.72. The Morgan fingerprint density at radius 3 is 2.48 bits per heavy atom. The van der Waals surface area contributed by atoms with Crippen molar-refractivity contribution in [2.45, 2.75) is 65.3 Å². The summed E-state index contributed by atoms with van der Waals surface area (Å²) >= 11 is 0. The Balaban J connectivity index is 1.93. The van der Waals surface area contributed by atoms with Crippen molar-refractivity contribution in [2.24, 2.45) is 17.8 Å². The first-order chi connectivity index (χ1) is 10.2. The monoisotopic (exact) mass is 288 g/mol. The average Bonchev–Trinajstić information content (AvgIpc) is 2.52. The second kappa shape index (κ2) is 8.53. The van der Waals surface area contributed by atoms with Gasteiger partial charge < -0.3 is 5.32 Å². The van der Waals surface area contributed by atoms with Crippen molar-refractivity contribution < 1.29 is 0 Å². The molecule has 1 saturated carbocycles. The van der Waals surface area contributed by atoms with Gasteiger partial charge in [0.2, 0.25) is 0 Å². The van der Waals surface area contributed by atoms with E-state index in [2.05, 4.69) is 43.2 Å². The Hall–Kier alpha value is -0.890. The number of nitrogens with zero attached hydrogens (tertiary/aromatic N) is 1. The first-order valence-electron chi connectivity index (χ1n) is 8.83. The number of hydrogen-bond donors (Lipinski definition) is 1. The molecule has 2 rings (SSSR count). The Bertz CT molecular complexity index is 380. The van der Waals surface area contributed by atoms with Gasteiger partial charge in [0, 0.05) is 18.4 Å². The van der Waals surface area contributed by atoms with Crippen LogP contribution in [0.4, 0.5) is 0 Å². The van der Waals surface area contributed by atoms with E-state index in [0.29, 0.717) is 6.04 Å². The first kappa shape index (κ1) is 16.5. The van der Waals surface area contributed by atoms with Crippen molar-refractivity contribution in [1.29, 1.82) is 0 Å². The molecule has 0 amide bonds. The zero-order valence-electron chi connectivity index (χ0n) is 14.0. The molecule has 1 unspecified atom stereocenters. The first-order valence-corrected chi connectivity index (χ1v) is 8.83. The molecule has 21 heavy (non-hydrogen) atoms. The fourth-order valence-corrected chi connectivity index (χ4v) is 3.72. The largest absolute Gasteiger partial charge is 0.313 e. The van der Waals surface area contributed by atoms with Gasteiger partial charge in [-0.2, -0.15) is 0 Å². The van der Waals surface area contributed by atoms with Crippen LogP contribution in [-0.4, -0.2) is 17.6 Å². The van der Waals surface area contributed by atoms with Gasteiger partial charge in [-0.15, -0.1) is 0 Å². The zero-order chi connectivity index (χ0) is 15.1. The molecule has 2 nitrogen and oxygen atoms in total. The van der Waals surface area contributed by atoms with Crippen LogP contribution in [0.3, 0.4) is 0 Å². The van der Waals surface area contributed by atoms with E-state index < -0.39 is 0 Å². The molecule has 1 atom stereocenters. The molecule has 1 aliphatic carbocycles. The van der Waals surface area contributed by atoms with Gasteiger partial charge in [-0.1, -0.05) is 26.8 Å². The summed E-state index contributed by atoms with van der Waals surface area (Å²) in [6.07, 6.45) is 11.9. The highest BCUT2D eigenvalue weighted by Gasteiger charge is 2.28. The minimum Gasteiger partial charge on any atom is -0.313 e. The molecule has 1 aromatic heterocycles. The van der Waals surface area contributed by atoms with Crippen molar-refractivity contribution in [3.63, 3.8) is 0 Å². The Morgan fingerprint density at radius 2 is 1.90 bits per heavy atom. The summed E-state index contributed by atoms with van der Waals surface area (Å²) in [5, 5.41) is 3.80. The lowest BCUT2D eigenvalue weighted by molar-refractivity contribution is 0.187. The van der Waals surface area contributed by atoms with E-state index in [1.54, 1.807) is 0 Å². The normalized spacial score (nSPS) is 24.2. The van der Waals surface area contributed by atoms with Crippen LogP contribution in [0.5, 0.6) is 0 Å². The minimum atomic E-state index is 0.627. The van der Waals surface area contributed by atoms with Gasteiger partial charge in [0.05, 0.1) is 0 Å². The van der Waals surface area contributed by atoms with E-state index in [0.717, 1.165) is 30.7 Å². The molecule has 2 heteroatoms. The molecule has 1 aromatic rings. The van der Waals surface area contributed by atoms with Crippen molar-refractivity contribution >= 4 is 0 Å². The van der Waals surface area contributed by atoms with Gasteiger partial charge in [0.15, 0.2) is 0 Å². The predicted molar refractivity (Wildman–Crippen MR) is 90.3 cm³/mol. The van der Waals surface area contributed by atoms with Crippen LogP contribution in [0, 0.1) is 17.8 Å². The van der Waals surface area contributed by atoms with Crippen LogP contribution in [0.2, 0.25) is 0 Å². The number of aromatic nitrogens is 1. The summed E-state index contributed by atoms with van der Waals surface area (Å²) in [7, 11) is 0. The van der Waals surface area contributed by atoms with E-state index in [9.17, 15) is 0 Å². The third kappa shape index (κ3) is 5.10. The van der Waals surface area contributed by atoms with Crippen molar-refractivity contribution in [3.8, 4) is 0 Å². The standard InChI is InChI=1S/C19H32N2/c1-4-11-21-19(13-16-6-5-12-20-14-16)18-9-7-17(8-10-18)15(2)3/h5-6,12,14-15,17-19,21H,4,7-11,13H2,1-3H3. The molecule has 0 bridgehead atoms. The van der Waals surface area contributed by atoms with Crippen molar-refractivity contribution in [3.05, 3.63) is 30.1 Å². The highest BCUT2D eigenvalue weighted by atomic mass is 14.9. The molecule has 1 fully saturated rings. The van der Waals surface area contributed by atoms with Crippen LogP contribution in [-0.2, 0) is 6.42 Å². The third-order valence-electron chi connectivity index (χ3n) is 5.16. The lowest BCUT2D eigenvalue weighted by Crippen LogP contribution is -2.40. The molecule has 118 valence electrons. The summed E-state index contributed by atoms with van der Waals surface area (Å²) in [6, 6.07) is 4.90. The summed E-state index contributed by atoms with van der Waals surface area (Å²) in [5.41, 5.74) is 1.37. The summed E-state index contributed by atoms with van der Waals surface area (Å²) in [4.78, 5) is 4.27. The quantitative estimate of drug-likeness (QED) is 0.801. The fraction of sp³-hybridized carbons (Fsp3) is 0.737. The van der Waals surface area contributed by atoms with Gasteiger partial charge in [-0.25, -0.2) is 0 Å². The molecule has 0 aromatic carbocycles. The van der Waals surface area contributed by atoms with Crippen LogP contribution in [0.15, 0.2) is 24.5 Å². The molecular formula is C19H32N2. The van der Waals surface area contributed by atoms with Gasteiger partial charge >= 0.3 is 0 Å². The topological polar surface area (TPSA) is 24.9 Å². The smallest absolute Gasteiger partial charge is 0.0300 e. The highest BCUT2D eigenvalue weighted by Crippen LogP contribution is 2.35. The van der Waals surface area contributed by atoms with E-state index in [1.165, 1.54) is 37.7 Å². The highest BCUT2D eigenvalue weighted by molar-refractivity contribution is 5.10. The number of pyridine rings is 1. The average molecular weight is 288 g/mol. The second-order valence-corrected chi connectivity index (χ2v) is 7.04. The number of hydrogen-bond acceptors (Lipinski definition) is 2. The lowest BCUT2D eigenvalue weighted by atomic mass is 9.73. The molecule has 0 saturated heterocycles. The third-order valence-corrected chi connectivity index (χ3v) is 5.16. The van der Waals surface area contributed by atoms with E-state index in [1.807, 2.05) is 12.4 Å². The van der Waals surface area contributed by atoms with Crippen LogP contribution in [0.25, 0.3) is 0 Å². The molecule has 1 N–H and O–H groups in total. The lowest BCUT2D eigenvalue weighted by Gasteiger charge is -2.36. The molecule has 0 aliphatic heterocycles. The van der Waals surface area contributed by atoms with E-state index in [4.69, 9.17) is 0 Å². The molecule has 1 heterocycles. The zero-order valence-corrected chi connectivity index (χ0v) is 14.0. The van der Waals surface area contributed by atoms with Crippen LogP contribution < -0.4 is 5.32 Å². The van der Waals surface area contributed by atoms with E-state index in [-0.39, 0.29) is 0 Å². The van der Waals surface area contributed by atoms with Crippen LogP contribution >= 0.6 is 0 Å². The van der Waals surface area contributed by atoms with E-state index >= 15 is 0 Å². The van der Waals surface area contributed by atoms with Crippen molar-refractivity contribution in [1.82, 2.24) is 10.3 Å².